The van der Waals surface area contributed by atoms with E-state index in [4.69, 9.17) is 11.6 Å². The molecule has 82 valence electrons. The first kappa shape index (κ1) is 9.94. The zero-order chi connectivity index (χ0) is 11.1. The molecule has 0 bridgehead atoms. The third-order valence-electron chi connectivity index (χ3n) is 3.11. The van der Waals surface area contributed by atoms with Crippen LogP contribution in [0.25, 0.3) is 10.8 Å². The summed E-state index contributed by atoms with van der Waals surface area (Å²) in [6, 6.07) is 9.95. The summed E-state index contributed by atoms with van der Waals surface area (Å²) in [7, 11) is 0. The number of anilines is 1. The van der Waals surface area contributed by atoms with Crippen molar-refractivity contribution in [1.82, 2.24) is 0 Å². The lowest BCUT2D eigenvalue weighted by Crippen LogP contribution is -2.24. The molecule has 1 unspecified atom stereocenters. The molecule has 3 heteroatoms. The minimum absolute atomic E-state index is 0.427. The van der Waals surface area contributed by atoms with Gasteiger partial charge in [0.05, 0.1) is 0 Å². The van der Waals surface area contributed by atoms with Crippen LogP contribution in [-0.2, 0) is 6.42 Å². The lowest BCUT2D eigenvalue weighted by atomic mass is 9.96. The van der Waals surface area contributed by atoms with Gasteiger partial charge in [-0.2, -0.15) is 0 Å². The molecule has 0 spiro atoms. The summed E-state index contributed by atoms with van der Waals surface area (Å²) in [5.74, 6) is 0. The zero-order valence-electron chi connectivity index (χ0n) is 8.70. The molecular formula is C13H12ClNO. The summed E-state index contributed by atoms with van der Waals surface area (Å²) < 4.78 is 0. The average molecular weight is 234 g/mol. The highest BCUT2D eigenvalue weighted by Crippen LogP contribution is 2.34. The molecule has 1 atom stereocenters. The maximum Gasteiger partial charge on any atom is 0.124 e. The fraction of sp³-hybridized carbons (Fsp3) is 0.231. The van der Waals surface area contributed by atoms with Crippen LogP contribution in [0.2, 0.25) is 5.02 Å². The van der Waals surface area contributed by atoms with E-state index in [0.29, 0.717) is 0 Å². The molecule has 2 aromatic rings. The number of rotatable bonds is 0. The van der Waals surface area contributed by atoms with Crippen molar-refractivity contribution in [2.75, 3.05) is 5.32 Å². The average Bonchev–Trinajstić information content (AvgIpc) is 2.28. The number of fused-ring (bicyclic) bond motifs is 3. The standard InChI is InChI=1S/C13H12ClNO/c14-11-3-1-2-8-9(11)4-6-12-10(8)5-7-13(16)15-12/h1-4,6,13,15-16H,5,7H2. The van der Waals surface area contributed by atoms with Crippen molar-refractivity contribution in [3.63, 3.8) is 0 Å². The van der Waals surface area contributed by atoms with Crippen LogP contribution in [0, 0.1) is 0 Å². The highest BCUT2D eigenvalue weighted by atomic mass is 35.5. The van der Waals surface area contributed by atoms with Gasteiger partial charge in [0, 0.05) is 16.1 Å². The molecule has 2 aromatic carbocycles. The van der Waals surface area contributed by atoms with Gasteiger partial charge in [0.1, 0.15) is 6.23 Å². The Bertz CT molecular complexity index is 553. The van der Waals surface area contributed by atoms with Crippen LogP contribution in [-0.4, -0.2) is 11.3 Å². The van der Waals surface area contributed by atoms with E-state index in [9.17, 15) is 5.11 Å². The molecule has 16 heavy (non-hydrogen) atoms. The van der Waals surface area contributed by atoms with Gasteiger partial charge in [-0.3, -0.25) is 0 Å². The van der Waals surface area contributed by atoms with Crippen LogP contribution in [0.5, 0.6) is 0 Å². The zero-order valence-corrected chi connectivity index (χ0v) is 9.46. The van der Waals surface area contributed by atoms with Gasteiger partial charge in [-0.05, 0) is 35.9 Å². The minimum Gasteiger partial charge on any atom is -0.374 e. The van der Waals surface area contributed by atoms with Gasteiger partial charge in [-0.15, -0.1) is 0 Å². The smallest absolute Gasteiger partial charge is 0.124 e. The molecule has 2 N–H and O–H groups in total. The van der Waals surface area contributed by atoms with E-state index in [0.717, 1.165) is 28.9 Å². The third-order valence-corrected chi connectivity index (χ3v) is 3.44. The summed E-state index contributed by atoms with van der Waals surface area (Å²) in [5.41, 5.74) is 2.28. The van der Waals surface area contributed by atoms with E-state index >= 15 is 0 Å². The largest absolute Gasteiger partial charge is 0.374 e. The number of halogens is 1. The summed E-state index contributed by atoms with van der Waals surface area (Å²) in [4.78, 5) is 0. The fourth-order valence-electron chi connectivity index (χ4n) is 2.32. The molecule has 1 heterocycles. The van der Waals surface area contributed by atoms with Crippen molar-refractivity contribution >= 4 is 28.1 Å². The lowest BCUT2D eigenvalue weighted by Gasteiger charge is -2.24. The van der Waals surface area contributed by atoms with Crippen LogP contribution >= 0.6 is 11.6 Å². The van der Waals surface area contributed by atoms with Gasteiger partial charge in [-0.1, -0.05) is 29.8 Å². The fourth-order valence-corrected chi connectivity index (χ4v) is 2.56. The molecule has 0 fully saturated rings. The Labute approximate surface area is 98.8 Å². The number of aliphatic hydroxyl groups excluding tert-OH is 1. The topological polar surface area (TPSA) is 32.3 Å². The van der Waals surface area contributed by atoms with E-state index in [1.165, 1.54) is 10.9 Å². The molecule has 0 saturated carbocycles. The van der Waals surface area contributed by atoms with E-state index in [1.807, 2.05) is 24.3 Å². The van der Waals surface area contributed by atoms with E-state index in [-0.39, 0.29) is 0 Å². The molecular weight excluding hydrogens is 222 g/mol. The molecule has 0 saturated heterocycles. The molecule has 1 aliphatic rings. The molecule has 0 aromatic heterocycles. The molecule has 2 nitrogen and oxygen atoms in total. The van der Waals surface area contributed by atoms with Gasteiger partial charge in [0.15, 0.2) is 0 Å². The Morgan fingerprint density at radius 1 is 1.19 bits per heavy atom. The van der Waals surface area contributed by atoms with Gasteiger partial charge < -0.3 is 10.4 Å². The molecule has 0 aliphatic carbocycles. The normalized spacial score (nSPS) is 19.2. The molecule has 0 amide bonds. The third kappa shape index (κ3) is 1.46. The highest BCUT2D eigenvalue weighted by Gasteiger charge is 2.17. The Morgan fingerprint density at radius 2 is 2.06 bits per heavy atom. The van der Waals surface area contributed by atoms with Gasteiger partial charge >= 0.3 is 0 Å². The van der Waals surface area contributed by atoms with Gasteiger partial charge in [0.2, 0.25) is 0 Å². The Kier molecular flexibility index (Phi) is 2.27. The van der Waals surface area contributed by atoms with Crippen molar-refractivity contribution in [2.24, 2.45) is 0 Å². The number of aliphatic hydroxyl groups is 1. The van der Waals surface area contributed by atoms with Crippen LogP contribution in [0.15, 0.2) is 30.3 Å². The molecule has 3 rings (SSSR count). The monoisotopic (exact) mass is 233 g/mol. The first-order chi connectivity index (χ1) is 7.75. The van der Waals surface area contributed by atoms with Crippen LogP contribution in [0.4, 0.5) is 5.69 Å². The maximum absolute atomic E-state index is 9.55. The van der Waals surface area contributed by atoms with Crippen molar-refractivity contribution in [2.45, 2.75) is 19.1 Å². The van der Waals surface area contributed by atoms with Crippen LogP contribution < -0.4 is 5.32 Å². The Balaban J connectivity index is 2.28. The quantitative estimate of drug-likeness (QED) is 0.733. The second-order valence-corrected chi connectivity index (χ2v) is 4.53. The van der Waals surface area contributed by atoms with Crippen molar-refractivity contribution in [1.29, 1.82) is 0 Å². The van der Waals surface area contributed by atoms with Crippen molar-refractivity contribution in [3.05, 3.63) is 40.9 Å². The number of hydrogen-bond acceptors (Lipinski definition) is 2. The minimum atomic E-state index is -0.427. The number of nitrogens with one attached hydrogen (secondary N) is 1. The first-order valence-corrected chi connectivity index (χ1v) is 5.78. The number of aryl methyl sites for hydroxylation is 1. The maximum atomic E-state index is 9.55. The molecule has 1 aliphatic heterocycles. The van der Waals surface area contributed by atoms with E-state index in [1.54, 1.807) is 0 Å². The summed E-state index contributed by atoms with van der Waals surface area (Å²) in [6.45, 7) is 0. The Morgan fingerprint density at radius 3 is 2.94 bits per heavy atom. The van der Waals surface area contributed by atoms with Crippen molar-refractivity contribution in [3.8, 4) is 0 Å². The van der Waals surface area contributed by atoms with E-state index < -0.39 is 6.23 Å². The van der Waals surface area contributed by atoms with Crippen molar-refractivity contribution < 1.29 is 5.11 Å². The summed E-state index contributed by atoms with van der Waals surface area (Å²) in [5, 5.41) is 15.7. The second-order valence-electron chi connectivity index (χ2n) is 4.13. The van der Waals surface area contributed by atoms with Crippen LogP contribution in [0.3, 0.4) is 0 Å². The lowest BCUT2D eigenvalue weighted by molar-refractivity contribution is 0.189. The highest BCUT2D eigenvalue weighted by molar-refractivity contribution is 6.35. The second kappa shape index (κ2) is 3.65. The molecule has 0 radical (unpaired) electrons. The van der Waals surface area contributed by atoms with E-state index in [2.05, 4.69) is 11.4 Å². The number of hydrogen-bond donors (Lipinski definition) is 2. The summed E-state index contributed by atoms with van der Waals surface area (Å²) >= 11 is 6.16. The Hall–Kier alpha value is -1.25. The first-order valence-electron chi connectivity index (χ1n) is 5.40. The summed E-state index contributed by atoms with van der Waals surface area (Å²) in [6.07, 6.45) is 1.21. The predicted octanol–water partition coefficient (Wildman–Crippen LogP) is 3.17. The predicted molar refractivity (Wildman–Crippen MR) is 66.9 cm³/mol. The van der Waals surface area contributed by atoms with Crippen LogP contribution in [0.1, 0.15) is 12.0 Å². The number of benzene rings is 2. The SMILES string of the molecule is OC1CCc2c(ccc3c(Cl)cccc23)N1. The van der Waals surface area contributed by atoms with Gasteiger partial charge in [-0.25, -0.2) is 0 Å². The van der Waals surface area contributed by atoms with Gasteiger partial charge in [0.25, 0.3) is 0 Å².